The molecule has 0 aliphatic heterocycles. The van der Waals surface area contributed by atoms with Crippen molar-refractivity contribution in [3.05, 3.63) is 0 Å². The second-order valence-electron chi connectivity index (χ2n) is 5.54. The maximum atomic E-state index is 11.6. The molecule has 0 bridgehead atoms. The number of ketones is 1. The van der Waals surface area contributed by atoms with Gasteiger partial charge in [-0.25, -0.2) is 0 Å². The molecular formula is C13H21NO2. The number of carbonyl (C=O) groups is 2. The molecule has 3 heteroatoms. The number of hydrogen-bond acceptors (Lipinski definition) is 2. The Morgan fingerprint density at radius 2 is 1.88 bits per heavy atom. The summed E-state index contributed by atoms with van der Waals surface area (Å²) in [5.74, 6) is 1.33. The Morgan fingerprint density at radius 3 is 2.44 bits per heavy atom. The Balaban J connectivity index is 1.59. The van der Waals surface area contributed by atoms with Crippen molar-refractivity contribution in [1.82, 2.24) is 5.32 Å². The summed E-state index contributed by atoms with van der Waals surface area (Å²) < 4.78 is 0. The van der Waals surface area contributed by atoms with Crippen molar-refractivity contribution in [2.45, 2.75) is 57.9 Å². The molecule has 1 atom stereocenters. The summed E-state index contributed by atoms with van der Waals surface area (Å²) in [7, 11) is 0. The zero-order valence-corrected chi connectivity index (χ0v) is 10.00. The van der Waals surface area contributed by atoms with E-state index in [1.54, 1.807) is 0 Å². The Kier molecular flexibility index (Phi) is 3.62. The highest BCUT2D eigenvalue weighted by Gasteiger charge is 2.26. The van der Waals surface area contributed by atoms with Crippen LogP contribution in [-0.2, 0) is 9.59 Å². The van der Waals surface area contributed by atoms with E-state index in [9.17, 15) is 9.59 Å². The van der Waals surface area contributed by atoms with E-state index in [1.807, 2.05) is 6.92 Å². The number of nitrogens with one attached hydrogen (secondary N) is 1. The van der Waals surface area contributed by atoms with Gasteiger partial charge >= 0.3 is 0 Å². The van der Waals surface area contributed by atoms with E-state index in [4.69, 9.17) is 0 Å². The van der Waals surface area contributed by atoms with Crippen LogP contribution in [0.5, 0.6) is 0 Å². The summed E-state index contributed by atoms with van der Waals surface area (Å²) in [5.41, 5.74) is 0. The molecule has 0 aromatic heterocycles. The fraction of sp³-hybridized carbons (Fsp3) is 0.846. The lowest BCUT2D eigenvalue weighted by Crippen LogP contribution is -2.27. The number of carbonyl (C=O) groups excluding carboxylic acids is 2. The van der Waals surface area contributed by atoms with Crippen molar-refractivity contribution in [1.29, 1.82) is 0 Å². The molecule has 16 heavy (non-hydrogen) atoms. The van der Waals surface area contributed by atoms with Gasteiger partial charge < -0.3 is 5.32 Å². The monoisotopic (exact) mass is 223 g/mol. The molecule has 0 radical (unpaired) electrons. The van der Waals surface area contributed by atoms with Crippen molar-refractivity contribution in [3.63, 3.8) is 0 Å². The Bertz CT molecular complexity index is 252. The first-order chi connectivity index (χ1) is 7.63. The van der Waals surface area contributed by atoms with Crippen molar-refractivity contribution < 1.29 is 9.59 Å². The van der Waals surface area contributed by atoms with Gasteiger partial charge in [0.1, 0.15) is 5.78 Å². The van der Waals surface area contributed by atoms with E-state index in [2.05, 4.69) is 5.32 Å². The quantitative estimate of drug-likeness (QED) is 0.718. The number of amides is 1. The van der Waals surface area contributed by atoms with Gasteiger partial charge in [0.25, 0.3) is 0 Å². The maximum absolute atomic E-state index is 11.6. The first-order valence-electron chi connectivity index (χ1n) is 6.44. The van der Waals surface area contributed by atoms with Crippen LogP contribution in [0.25, 0.3) is 0 Å². The minimum atomic E-state index is 0.120. The molecule has 0 heterocycles. The van der Waals surface area contributed by atoms with Gasteiger partial charge in [-0.05, 0) is 37.5 Å². The molecule has 0 aromatic carbocycles. The minimum Gasteiger partial charge on any atom is -0.353 e. The summed E-state index contributed by atoms with van der Waals surface area (Å²) in [5, 5.41) is 2.96. The minimum absolute atomic E-state index is 0.120. The van der Waals surface area contributed by atoms with Gasteiger partial charge in [0.05, 0.1) is 0 Å². The zero-order chi connectivity index (χ0) is 11.5. The molecule has 2 saturated carbocycles. The van der Waals surface area contributed by atoms with E-state index >= 15 is 0 Å². The lowest BCUT2D eigenvalue weighted by atomic mass is 9.98. The van der Waals surface area contributed by atoms with Crippen LogP contribution in [-0.4, -0.2) is 17.7 Å². The summed E-state index contributed by atoms with van der Waals surface area (Å²) in [6.45, 7) is 2.00. The summed E-state index contributed by atoms with van der Waals surface area (Å²) in [6, 6.07) is 0.432. The van der Waals surface area contributed by atoms with Crippen molar-refractivity contribution in [2.24, 2.45) is 11.8 Å². The van der Waals surface area contributed by atoms with Crippen molar-refractivity contribution in [3.8, 4) is 0 Å². The van der Waals surface area contributed by atoms with Gasteiger partial charge in [-0.1, -0.05) is 6.92 Å². The lowest BCUT2D eigenvalue weighted by molar-refractivity contribution is -0.123. The third-order valence-corrected chi connectivity index (χ3v) is 3.27. The molecule has 1 unspecified atom stereocenters. The van der Waals surface area contributed by atoms with E-state index in [-0.39, 0.29) is 11.8 Å². The molecule has 2 aliphatic rings. The Morgan fingerprint density at radius 1 is 1.19 bits per heavy atom. The second kappa shape index (κ2) is 4.98. The molecule has 90 valence electrons. The van der Waals surface area contributed by atoms with Gasteiger partial charge in [-0.15, -0.1) is 0 Å². The van der Waals surface area contributed by atoms with Crippen molar-refractivity contribution >= 4 is 11.7 Å². The largest absolute Gasteiger partial charge is 0.353 e. The van der Waals surface area contributed by atoms with E-state index in [0.717, 1.165) is 19.3 Å². The van der Waals surface area contributed by atoms with Gasteiger partial charge in [-0.3, -0.25) is 9.59 Å². The highest BCUT2D eigenvalue weighted by Crippen LogP contribution is 2.33. The topological polar surface area (TPSA) is 46.2 Å². The van der Waals surface area contributed by atoms with Crippen LogP contribution in [0.4, 0.5) is 0 Å². The normalized spacial score (nSPS) is 21.6. The Hall–Kier alpha value is -0.860. The maximum Gasteiger partial charge on any atom is 0.220 e. The van der Waals surface area contributed by atoms with E-state index in [0.29, 0.717) is 30.6 Å². The van der Waals surface area contributed by atoms with Crippen LogP contribution in [0, 0.1) is 11.8 Å². The molecule has 0 spiro atoms. The predicted molar refractivity (Wildman–Crippen MR) is 61.9 cm³/mol. The SMILES string of the molecule is CC(CC(=O)CC1CC1)CC(=O)NC1CC1. The molecule has 1 N–H and O–H groups in total. The van der Waals surface area contributed by atoms with Crippen LogP contribution < -0.4 is 5.32 Å². The highest BCUT2D eigenvalue weighted by atomic mass is 16.1. The van der Waals surface area contributed by atoms with Gasteiger partial charge in [0.15, 0.2) is 0 Å². The van der Waals surface area contributed by atoms with Crippen LogP contribution in [0.3, 0.4) is 0 Å². The molecular weight excluding hydrogens is 202 g/mol. The fourth-order valence-electron chi connectivity index (χ4n) is 2.02. The molecule has 2 rings (SSSR count). The van der Waals surface area contributed by atoms with Gasteiger partial charge in [0.2, 0.25) is 5.91 Å². The molecule has 0 saturated heterocycles. The fourth-order valence-corrected chi connectivity index (χ4v) is 2.02. The summed E-state index contributed by atoms with van der Waals surface area (Å²) in [4.78, 5) is 23.1. The molecule has 0 aromatic rings. The summed E-state index contributed by atoms with van der Waals surface area (Å²) >= 11 is 0. The highest BCUT2D eigenvalue weighted by molar-refractivity contribution is 5.81. The number of hydrogen-bond donors (Lipinski definition) is 1. The molecule has 2 aliphatic carbocycles. The molecule has 2 fully saturated rings. The average Bonchev–Trinajstić information content (AvgIpc) is 2.98. The molecule has 1 amide bonds. The molecule has 3 nitrogen and oxygen atoms in total. The standard InChI is InChI=1S/C13H21NO2/c1-9(6-12(15)8-10-2-3-10)7-13(16)14-11-4-5-11/h9-11H,2-8H2,1H3,(H,14,16). The number of rotatable bonds is 7. The van der Waals surface area contributed by atoms with Crippen molar-refractivity contribution in [2.75, 3.05) is 0 Å². The van der Waals surface area contributed by atoms with E-state index < -0.39 is 0 Å². The van der Waals surface area contributed by atoms with Crippen LogP contribution >= 0.6 is 0 Å². The first-order valence-corrected chi connectivity index (χ1v) is 6.44. The summed E-state index contributed by atoms with van der Waals surface area (Å²) in [6.07, 6.45) is 6.53. The van der Waals surface area contributed by atoms with Crippen LogP contribution in [0.15, 0.2) is 0 Å². The Labute approximate surface area is 97.0 Å². The van der Waals surface area contributed by atoms with E-state index in [1.165, 1.54) is 12.8 Å². The lowest BCUT2D eigenvalue weighted by Gasteiger charge is -2.10. The zero-order valence-electron chi connectivity index (χ0n) is 10.00. The smallest absolute Gasteiger partial charge is 0.220 e. The van der Waals surface area contributed by atoms with Gasteiger partial charge in [-0.2, -0.15) is 0 Å². The number of Topliss-reactive ketones (excluding diaryl/α,β-unsaturated/α-hetero) is 1. The first kappa shape index (κ1) is 11.6. The van der Waals surface area contributed by atoms with Gasteiger partial charge in [0, 0.05) is 25.3 Å². The third kappa shape index (κ3) is 4.33. The second-order valence-corrected chi connectivity index (χ2v) is 5.54. The average molecular weight is 223 g/mol. The van der Waals surface area contributed by atoms with Crippen LogP contribution in [0.2, 0.25) is 0 Å². The van der Waals surface area contributed by atoms with Crippen LogP contribution in [0.1, 0.15) is 51.9 Å². The third-order valence-electron chi connectivity index (χ3n) is 3.27. The predicted octanol–water partition coefficient (Wildman–Crippen LogP) is 2.05.